The second-order valence-corrected chi connectivity index (χ2v) is 6.10. The number of aromatic nitrogens is 6. The van der Waals surface area contributed by atoms with Crippen LogP contribution in [0.25, 0.3) is 27.9 Å². The number of nitrogens with zero attached hydrogens (tertiary/aromatic N) is 6. The molecule has 0 bridgehead atoms. The maximum Gasteiger partial charge on any atom is 0.114 e. The van der Waals surface area contributed by atoms with Crippen LogP contribution in [0.1, 0.15) is 0 Å². The van der Waals surface area contributed by atoms with E-state index in [9.17, 15) is 0 Å². The average Bonchev–Trinajstić information content (AvgIpc) is 3.45. The van der Waals surface area contributed by atoms with Crippen molar-refractivity contribution in [2.45, 2.75) is 0 Å². The minimum absolute atomic E-state index is 0.877. The van der Waals surface area contributed by atoms with E-state index in [4.69, 9.17) is 0 Å². The number of rotatable bonds is 1. The molecule has 0 fully saturated rings. The van der Waals surface area contributed by atoms with Gasteiger partial charge in [0.25, 0.3) is 0 Å². The van der Waals surface area contributed by atoms with E-state index < -0.39 is 0 Å². The van der Waals surface area contributed by atoms with Crippen LogP contribution in [-0.4, -0.2) is 28.8 Å². The molecule has 6 nitrogen and oxygen atoms in total. The summed E-state index contributed by atoms with van der Waals surface area (Å²) in [4.78, 5) is 0. The molecule has 0 aliphatic carbocycles. The van der Waals surface area contributed by atoms with E-state index in [0.29, 0.717) is 0 Å². The Morgan fingerprint density at radius 1 is 0.519 bits per heavy atom. The van der Waals surface area contributed by atoms with Crippen molar-refractivity contribution in [2.24, 2.45) is 0 Å². The highest BCUT2D eigenvalue weighted by molar-refractivity contribution is 5.64. The number of pyridine rings is 2. The molecule has 0 radical (unpaired) electrons. The molecule has 6 aromatic rings. The lowest BCUT2D eigenvalue weighted by molar-refractivity contribution is 0.922. The fraction of sp³-hybridized carbons (Fsp3) is 0. The number of hydrogen-bond acceptors (Lipinski definition) is 3. The maximum atomic E-state index is 4.54. The first-order valence-corrected chi connectivity index (χ1v) is 8.64. The highest BCUT2D eigenvalue weighted by Gasteiger charge is 2.06. The van der Waals surface area contributed by atoms with Crippen molar-refractivity contribution in [3.05, 3.63) is 97.6 Å². The molecular weight excluding hydrogens is 336 g/mol. The van der Waals surface area contributed by atoms with Crippen molar-refractivity contribution in [1.29, 1.82) is 0 Å². The zero-order valence-electron chi connectivity index (χ0n) is 14.4. The number of hydrogen-bond donors (Lipinski definition) is 0. The van der Waals surface area contributed by atoms with Crippen LogP contribution >= 0.6 is 0 Å². The van der Waals surface area contributed by atoms with Crippen molar-refractivity contribution in [3.8, 4) is 11.4 Å². The van der Waals surface area contributed by atoms with E-state index >= 15 is 0 Å². The summed E-state index contributed by atoms with van der Waals surface area (Å²) in [7, 11) is 0. The van der Waals surface area contributed by atoms with Gasteiger partial charge in [-0.25, -0.2) is 13.5 Å². The summed E-state index contributed by atoms with van der Waals surface area (Å²) >= 11 is 0. The van der Waals surface area contributed by atoms with Crippen LogP contribution in [0.5, 0.6) is 0 Å². The Hall–Kier alpha value is -3.93. The third-order valence-electron chi connectivity index (χ3n) is 4.32. The van der Waals surface area contributed by atoms with Crippen LogP contribution < -0.4 is 0 Å². The van der Waals surface area contributed by atoms with Crippen LogP contribution in [0.15, 0.2) is 97.6 Å². The summed E-state index contributed by atoms with van der Waals surface area (Å²) < 4.78 is 5.55. The van der Waals surface area contributed by atoms with E-state index in [1.165, 1.54) is 0 Å². The first-order chi connectivity index (χ1) is 13.4. The van der Waals surface area contributed by atoms with Crippen molar-refractivity contribution in [1.82, 2.24) is 28.8 Å². The van der Waals surface area contributed by atoms with Gasteiger partial charge in [-0.15, -0.1) is 0 Å². The SMILES string of the molecule is c1ccn2nc(-c3ccc4cccn4n3)cc2c1.c1ccn2nccc2c1. The molecule has 130 valence electrons. The number of fused-ring (bicyclic) bond motifs is 3. The fourth-order valence-electron chi connectivity index (χ4n) is 2.99. The van der Waals surface area contributed by atoms with Crippen LogP contribution in [0.4, 0.5) is 0 Å². The smallest absolute Gasteiger partial charge is 0.114 e. The molecule has 0 saturated heterocycles. The van der Waals surface area contributed by atoms with Gasteiger partial charge in [-0.2, -0.15) is 15.3 Å². The van der Waals surface area contributed by atoms with Gasteiger partial charge >= 0.3 is 0 Å². The fourth-order valence-corrected chi connectivity index (χ4v) is 2.99. The van der Waals surface area contributed by atoms with Gasteiger partial charge in [0.2, 0.25) is 0 Å². The minimum Gasteiger partial charge on any atom is -0.241 e. The van der Waals surface area contributed by atoms with Crippen LogP contribution in [0, 0.1) is 0 Å². The van der Waals surface area contributed by atoms with Crippen LogP contribution in [0.3, 0.4) is 0 Å². The molecule has 6 rings (SSSR count). The third kappa shape index (κ3) is 2.93. The molecular formula is C21H16N6. The monoisotopic (exact) mass is 352 g/mol. The van der Waals surface area contributed by atoms with Gasteiger partial charge in [0.1, 0.15) is 11.4 Å². The Bertz CT molecular complexity index is 1280. The van der Waals surface area contributed by atoms with Crippen molar-refractivity contribution in [2.75, 3.05) is 0 Å². The molecule has 0 aromatic carbocycles. The zero-order valence-corrected chi connectivity index (χ0v) is 14.4. The van der Waals surface area contributed by atoms with Gasteiger partial charge in [0.15, 0.2) is 0 Å². The molecule has 6 aromatic heterocycles. The molecule has 0 amide bonds. The predicted molar refractivity (Wildman–Crippen MR) is 105 cm³/mol. The molecule has 0 atom stereocenters. The Balaban J connectivity index is 0.000000149. The highest BCUT2D eigenvalue weighted by Crippen LogP contribution is 2.18. The Morgan fingerprint density at radius 2 is 1.19 bits per heavy atom. The first kappa shape index (κ1) is 15.3. The summed E-state index contributed by atoms with van der Waals surface area (Å²) in [5.41, 5.74) is 5.06. The molecule has 0 aliphatic rings. The third-order valence-corrected chi connectivity index (χ3v) is 4.32. The summed E-state index contributed by atoms with van der Waals surface area (Å²) in [6, 6.07) is 24.0. The first-order valence-electron chi connectivity index (χ1n) is 8.64. The second kappa shape index (κ2) is 6.42. The van der Waals surface area contributed by atoms with Crippen LogP contribution in [-0.2, 0) is 0 Å². The molecule has 0 aliphatic heterocycles. The topological polar surface area (TPSA) is 51.9 Å². The molecule has 0 spiro atoms. The van der Waals surface area contributed by atoms with Gasteiger partial charge in [0.05, 0.1) is 16.6 Å². The van der Waals surface area contributed by atoms with E-state index in [-0.39, 0.29) is 0 Å². The highest BCUT2D eigenvalue weighted by atomic mass is 15.2. The Kier molecular flexibility index (Phi) is 3.65. The van der Waals surface area contributed by atoms with Gasteiger partial charge in [-0.05, 0) is 60.7 Å². The largest absolute Gasteiger partial charge is 0.241 e. The van der Waals surface area contributed by atoms with E-state index in [1.807, 2.05) is 105 Å². The zero-order chi connectivity index (χ0) is 18.1. The summed E-state index contributed by atoms with van der Waals surface area (Å²) in [6.45, 7) is 0. The quantitative estimate of drug-likeness (QED) is 0.450. The lowest BCUT2D eigenvalue weighted by atomic mass is 10.2. The molecule has 0 unspecified atom stereocenters. The van der Waals surface area contributed by atoms with E-state index in [2.05, 4.69) is 15.3 Å². The maximum absolute atomic E-state index is 4.54. The lowest BCUT2D eigenvalue weighted by Gasteiger charge is -1.97. The Morgan fingerprint density at radius 3 is 2.04 bits per heavy atom. The molecule has 0 N–H and O–H groups in total. The molecule has 6 heteroatoms. The minimum atomic E-state index is 0.877. The van der Waals surface area contributed by atoms with Crippen molar-refractivity contribution in [3.63, 3.8) is 0 Å². The van der Waals surface area contributed by atoms with Crippen LogP contribution in [0.2, 0.25) is 0 Å². The second-order valence-electron chi connectivity index (χ2n) is 6.10. The molecule has 27 heavy (non-hydrogen) atoms. The predicted octanol–water partition coefficient (Wildman–Crippen LogP) is 3.98. The standard InChI is InChI=1S/C14H10N4.C7H6N2/c1-2-8-18-12(4-1)10-14(16-18)13-7-6-11-5-3-9-17(11)15-13;1-2-6-9-7(3-1)4-5-8-9/h1-10H;1-6H. The van der Waals surface area contributed by atoms with E-state index in [0.717, 1.165) is 27.9 Å². The molecule has 6 heterocycles. The lowest BCUT2D eigenvalue weighted by Crippen LogP contribution is -1.93. The summed E-state index contributed by atoms with van der Waals surface area (Å²) in [5.74, 6) is 0. The summed E-state index contributed by atoms with van der Waals surface area (Å²) in [6.07, 6.45) is 7.59. The van der Waals surface area contributed by atoms with E-state index in [1.54, 1.807) is 6.20 Å². The molecule has 0 saturated carbocycles. The van der Waals surface area contributed by atoms with Crippen molar-refractivity contribution >= 4 is 16.6 Å². The normalized spacial score (nSPS) is 11.0. The van der Waals surface area contributed by atoms with Gasteiger partial charge in [-0.1, -0.05) is 12.1 Å². The van der Waals surface area contributed by atoms with Gasteiger partial charge in [-0.3, -0.25) is 0 Å². The van der Waals surface area contributed by atoms with Gasteiger partial charge < -0.3 is 0 Å². The Labute approximate surface area is 154 Å². The van der Waals surface area contributed by atoms with Gasteiger partial charge in [0, 0.05) is 24.8 Å². The summed E-state index contributed by atoms with van der Waals surface area (Å²) in [5, 5.41) is 13.1. The average molecular weight is 352 g/mol. The van der Waals surface area contributed by atoms with Crippen molar-refractivity contribution < 1.29 is 0 Å².